The highest BCUT2D eigenvalue weighted by atomic mass is 16.5. The third-order valence-electron chi connectivity index (χ3n) is 3.92. The Morgan fingerprint density at radius 2 is 0.923 bits per heavy atom. The molecular weight excluding hydrogens is 328 g/mol. The van der Waals surface area contributed by atoms with Gasteiger partial charge in [0.2, 0.25) is 0 Å². The van der Waals surface area contributed by atoms with Gasteiger partial charge in [-0.1, -0.05) is 61.7 Å². The van der Waals surface area contributed by atoms with Crippen molar-refractivity contribution in [3.05, 3.63) is 72.8 Å². The van der Waals surface area contributed by atoms with Crippen LogP contribution in [0.3, 0.4) is 0 Å². The van der Waals surface area contributed by atoms with Crippen molar-refractivity contribution in [3.8, 4) is 11.5 Å². The molecule has 4 heteroatoms. The standard InChI is InChI=1S/C22H18O4/c1-13(2)21(23)25-19-15-9-5-7-11-17(15)20(26-22(24)14(3)4)18-12-8-6-10-16(18)19/h5-12H,1,3H2,2,4H3. The lowest BCUT2D eigenvalue weighted by atomic mass is 10.0. The fourth-order valence-electron chi connectivity index (χ4n) is 2.63. The maximum atomic E-state index is 12.1. The molecule has 0 saturated carbocycles. The van der Waals surface area contributed by atoms with Crippen LogP contribution in [-0.2, 0) is 9.59 Å². The first-order valence-corrected chi connectivity index (χ1v) is 8.09. The molecule has 0 atom stereocenters. The molecule has 0 bridgehead atoms. The number of hydrogen-bond acceptors (Lipinski definition) is 4. The zero-order chi connectivity index (χ0) is 18.8. The molecule has 0 spiro atoms. The van der Waals surface area contributed by atoms with E-state index in [2.05, 4.69) is 13.2 Å². The second-order valence-electron chi connectivity index (χ2n) is 6.09. The molecule has 26 heavy (non-hydrogen) atoms. The zero-order valence-corrected chi connectivity index (χ0v) is 14.7. The van der Waals surface area contributed by atoms with Crippen LogP contribution in [-0.4, -0.2) is 11.9 Å². The molecule has 130 valence electrons. The van der Waals surface area contributed by atoms with E-state index in [1.165, 1.54) is 0 Å². The number of fused-ring (bicyclic) bond motifs is 2. The maximum absolute atomic E-state index is 12.1. The molecule has 3 aromatic carbocycles. The molecular formula is C22H18O4. The third-order valence-corrected chi connectivity index (χ3v) is 3.92. The third kappa shape index (κ3) is 3.09. The van der Waals surface area contributed by atoms with Gasteiger partial charge >= 0.3 is 11.9 Å². The topological polar surface area (TPSA) is 52.6 Å². The summed E-state index contributed by atoms with van der Waals surface area (Å²) in [5.41, 5.74) is 0.604. The Labute approximate surface area is 151 Å². The van der Waals surface area contributed by atoms with Gasteiger partial charge in [0, 0.05) is 32.7 Å². The molecule has 0 aliphatic heterocycles. The van der Waals surface area contributed by atoms with E-state index in [1.54, 1.807) is 13.8 Å². The summed E-state index contributed by atoms with van der Waals surface area (Å²) in [5.74, 6) is -0.183. The molecule has 3 rings (SSSR count). The lowest BCUT2D eigenvalue weighted by Crippen LogP contribution is -2.11. The lowest BCUT2D eigenvalue weighted by molar-refractivity contribution is -0.130. The van der Waals surface area contributed by atoms with Crippen molar-refractivity contribution in [2.45, 2.75) is 13.8 Å². The van der Waals surface area contributed by atoms with Gasteiger partial charge in [0.25, 0.3) is 0 Å². The first-order chi connectivity index (χ1) is 12.4. The Kier molecular flexibility index (Phi) is 4.59. The SMILES string of the molecule is C=C(C)C(=O)Oc1c2ccccc2c(OC(=O)C(=C)C)c2ccccc12. The van der Waals surface area contributed by atoms with Crippen molar-refractivity contribution in [1.82, 2.24) is 0 Å². The molecule has 0 aliphatic rings. The van der Waals surface area contributed by atoms with Gasteiger partial charge in [0.1, 0.15) is 11.5 Å². The van der Waals surface area contributed by atoms with Gasteiger partial charge in [-0.3, -0.25) is 0 Å². The van der Waals surface area contributed by atoms with E-state index in [0.717, 1.165) is 0 Å². The van der Waals surface area contributed by atoms with Crippen molar-refractivity contribution in [1.29, 1.82) is 0 Å². The second kappa shape index (κ2) is 6.84. The van der Waals surface area contributed by atoms with Gasteiger partial charge < -0.3 is 9.47 Å². The summed E-state index contributed by atoms with van der Waals surface area (Å²) in [5, 5.41) is 2.69. The number of rotatable bonds is 4. The zero-order valence-electron chi connectivity index (χ0n) is 14.7. The second-order valence-corrected chi connectivity index (χ2v) is 6.09. The van der Waals surface area contributed by atoms with Gasteiger partial charge in [-0.2, -0.15) is 0 Å². The molecule has 0 aliphatic carbocycles. The number of carbonyl (C=O) groups excluding carboxylic acids is 2. The molecule has 0 amide bonds. The van der Waals surface area contributed by atoms with Gasteiger partial charge in [0.15, 0.2) is 0 Å². The summed E-state index contributed by atoms with van der Waals surface area (Å²) >= 11 is 0. The van der Waals surface area contributed by atoms with Crippen molar-refractivity contribution >= 4 is 33.5 Å². The summed E-state index contributed by atoms with van der Waals surface area (Å²) in [7, 11) is 0. The number of hydrogen-bond donors (Lipinski definition) is 0. The van der Waals surface area contributed by atoms with E-state index >= 15 is 0 Å². The van der Waals surface area contributed by atoms with Crippen LogP contribution < -0.4 is 9.47 Å². The molecule has 4 nitrogen and oxygen atoms in total. The molecule has 0 radical (unpaired) electrons. The molecule has 0 heterocycles. The van der Waals surface area contributed by atoms with Crippen molar-refractivity contribution < 1.29 is 19.1 Å². The molecule has 0 fully saturated rings. The average Bonchev–Trinajstić information content (AvgIpc) is 2.63. The number of ether oxygens (including phenoxy) is 2. The van der Waals surface area contributed by atoms with E-state index in [1.807, 2.05) is 48.5 Å². The molecule has 0 N–H and O–H groups in total. The minimum absolute atomic E-state index is 0.302. The highest BCUT2D eigenvalue weighted by Gasteiger charge is 2.20. The highest BCUT2D eigenvalue weighted by Crippen LogP contribution is 2.43. The van der Waals surface area contributed by atoms with Crippen LogP contribution in [0, 0.1) is 0 Å². The fraction of sp³-hybridized carbons (Fsp3) is 0.0909. The van der Waals surface area contributed by atoms with Crippen LogP contribution in [0.2, 0.25) is 0 Å². The predicted octanol–water partition coefficient (Wildman–Crippen LogP) is 4.96. The summed E-state index contributed by atoms with van der Waals surface area (Å²) in [6.45, 7) is 10.5. The lowest BCUT2D eigenvalue weighted by Gasteiger charge is -2.16. The fourth-order valence-corrected chi connectivity index (χ4v) is 2.63. The quantitative estimate of drug-likeness (QED) is 0.290. The van der Waals surface area contributed by atoms with Crippen molar-refractivity contribution in [2.24, 2.45) is 0 Å². The van der Waals surface area contributed by atoms with Gasteiger partial charge in [0.05, 0.1) is 0 Å². The Hall–Kier alpha value is -3.40. The number of esters is 2. The van der Waals surface area contributed by atoms with Crippen molar-refractivity contribution in [3.63, 3.8) is 0 Å². The minimum Gasteiger partial charge on any atom is -0.422 e. The summed E-state index contributed by atoms with van der Waals surface area (Å²) in [6.07, 6.45) is 0. The Bertz CT molecular complexity index is 933. The van der Waals surface area contributed by atoms with E-state index < -0.39 is 11.9 Å². The van der Waals surface area contributed by atoms with Crippen LogP contribution in [0.5, 0.6) is 11.5 Å². The number of carbonyl (C=O) groups is 2. The predicted molar refractivity (Wildman–Crippen MR) is 102 cm³/mol. The van der Waals surface area contributed by atoms with Gasteiger partial charge in [-0.25, -0.2) is 9.59 Å². The van der Waals surface area contributed by atoms with E-state index in [-0.39, 0.29) is 0 Å². The summed E-state index contributed by atoms with van der Waals surface area (Å²) < 4.78 is 11.2. The normalized spacial score (nSPS) is 10.5. The van der Waals surface area contributed by atoms with Crippen LogP contribution in [0.15, 0.2) is 72.8 Å². The van der Waals surface area contributed by atoms with Crippen LogP contribution in [0.1, 0.15) is 13.8 Å². The molecule has 3 aromatic rings. The number of benzene rings is 3. The molecule has 0 saturated heterocycles. The molecule has 0 aromatic heterocycles. The van der Waals surface area contributed by atoms with Crippen LogP contribution in [0.4, 0.5) is 0 Å². The van der Waals surface area contributed by atoms with E-state index in [4.69, 9.17) is 9.47 Å². The van der Waals surface area contributed by atoms with Gasteiger partial charge in [-0.05, 0) is 13.8 Å². The minimum atomic E-state index is -0.507. The van der Waals surface area contributed by atoms with E-state index in [0.29, 0.717) is 44.2 Å². The molecule has 0 unspecified atom stereocenters. The smallest absolute Gasteiger partial charge is 0.338 e. The Morgan fingerprint density at radius 1 is 0.654 bits per heavy atom. The Balaban J connectivity index is 2.35. The first-order valence-electron chi connectivity index (χ1n) is 8.09. The van der Waals surface area contributed by atoms with E-state index in [9.17, 15) is 9.59 Å². The maximum Gasteiger partial charge on any atom is 0.338 e. The largest absolute Gasteiger partial charge is 0.422 e. The van der Waals surface area contributed by atoms with Crippen molar-refractivity contribution in [2.75, 3.05) is 0 Å². The van der Waals surface area contributed by atoms with Crippen LogP contribution in [0.25, 0.3) is 21.5 Å². The average molecular weight is 346 g/mol. The van der Waals surface area contributed by atoms with Gasteiger partial charge in [-0.15, -0.1) is 0 Å². The van der Waals surface area contributed by atoms with Crippen LogP contribution >= 0.6 is 0 Å². The first kappa shape index (κ1) is 17.4. The summed E-state index contributed by atoms with van der Waals surface area (Å²) in [6, 6.07) is 14.6. The monoisotopic (exact) mass is 346 g/mol. The highest BCUT2D eigenvalue weighted by molar-refractivity contribution is 6.13. The summed E-state index contributed by atoms with van der Waals surface area (Å²) in [4.78, 5) is 24.3. The Morgan fingerprint density at radius 3 is 1.15 bits per heavy atom.